The van der Waals surface area contributed by atoms with E-state index in [1.165, 1.54) is 19.3 Å². The van der Waals surface area contributed by atoms with Gasteiger partial charge in [0.15, 0.2) is 0 Å². The number of rotatable bonds is 1. The van der Waals surface area contributed by atoms with Crippen LogP contribution in [0.2, 0.25) is 0 Å². The summed E-state index contributed by atoms with van der Waals surface area (Å²) in [4.78, 5) is 14.5. The van der Waals surface area contributed by atoms with E-state index in [0.29, 0.717) is 5.56 Å². The SMILES string of the molecule is O=C(c1cccc(O)c1)N1CCCC2(CCCNC2)C1. The van der Waals surface area contributed by atoms with E-state index in [0.717, 1.165) is 32.6 Å². The first-order chi connectivity index (χ1) is 9.69. The van der Waals surface area contributed by atoms with Crippen molar-refractivity contribution in [2.24, 2.45) is 5.41 Å². The minimum absolute atomic E-state index is 0.0468. The topological polar surface area (TPSA) is 52.6 Å². The van der Waals surface area contributed by atoms with Crippen molar-refractivity contribution >= 4 is 5.91 Å². The van der Waals surface area contributed by atoms with Crippen LogP contribution in [0.3, 0.4) is 0 Å². The summed E-state index contributed by atoms with van der Waals surface area (Å²) in [5.74, 6) is 0.201. The van der Waals surface area contributed by atoms with Gasteiger partial charge in [0.25, 0.3) is 5.91 Å². The summed E-state index contributed by atoms with van der Waals surface area (Å²) >= 11 is 0. The second-order valence-electron chi connectivity index (χ2n) is 6.16. The number of phenols is 1. The number of aromatic hydroxyl groups is 1. The number of benzene rings is 1. The molecule has 3 rings (SSSR count). The number of phenolic OH excluding ortho intramolecular Hbond substituents is 1. The lowest BCUT2D eigenvalue weighted by Crippen LogP contribution is -2.52. The van der Waals surface area contributed by atoms with Crippen LogP contribution in [0.4, 0.5) is 0 Å². The van der Waals surface area contributed by atoms with Crippen molar-refractivity contribution in [3.63, 3.8) is 0 Å². The van der Waals surface area contributed by atoms with E-state index < -0.39 is 0 Å². The molecule has 0 bridgehead atoms. The number of nitrogens with one attached hydrogen (secondary N) is 1. The lowest BCUT2D eigenvalue weighted by molar-refractivity contribution is 0.0433. The first-order valence-electron chi connectivity index (χ1n) is 7.48. The molecule has 2 saturated heterocycles. The summed E-state index contributed by atoms with van der Waals surface area (Å²) in [6, 6.07) is 6.66. The zero-order valence-electron chi connectivity index (χ0n) is 11.8. The molecule has 0 aliphatic carbocycles. The molecule has 2 N–H and O–H groups in total. The van der Waals surface area contributed by atoms with Gasteiger partial charge < -0.3 is 15.3 Å². The molecule has 2 fully saturated rings. The molecule has 0 saturated carbocycles. The summed E-state index contributed by atoms with van der Waals surface area (Å²) in [5, 5.41) is 13.0. The number of nitrogens with zero attached hydrogens (tertiary/aromatic N) is 1. The largest absolute Gasteiger partial charge is 0.508 e. The third kappa shape index (κ3) is 2.66. The highest BCUT2D eigenvalue weighted by Gasteiger charge is 2.38. The van der Waals surface area contributed by atoms with E-state index in [-0.39, 0.29) is 17.1 Å². The molecule has 1 unspecified atom stereocenters. The highest BCUT2D eigenvalue weighted by molar-refractivity contribution is 5.94. The molecule has 2 aliphatic heterocycles. The summed E-state index contributed by atoms with van der Waals surface area (Å²) in [6.07, 6.45) is 4.70. The van der Waals surface area contributed by atoms with Crippen LogP contribution in [-0.2, 0) is 0 Å². The van der Waals surface area contributed by atoms with Crippen LogP contribution in [0.15, 0.2) is 24.3 Å². The molecular weight excluding hydrogens is 252 g/mol. The third-order valence-corrected chi connectivity index (χ3v) is 4.60. The summed E-state index contributed by atoms with van der Waals surface area (Å²) in [6.45, 7) is 3.80. The maximum absolute atomic E-state index is 12.6. The Bertz CT molecular complexity index is 489. The number of hydrogen-bond acceptors (Lipinski definition) is 3. The van der Waals surface area contributed by atoms with Gasteiger partial charge in [-0.25, -0.2) is 0 Å². The van der Waals surface area contributed by atoms with E-state index >= 15 is 0 Å². The van der Waals surface area contributed by atoms with E-state index in [4.69, 9.17) is 0 Å². The van der Waals surface area contributed by atoms with Crippen molar-refractivity contribution < 1.29 is 9.90 Å². The predicted molar refractivity (Wildman–Crippen MR) is 77.8 cm³/mol. The van der Waals surface area contributed by atoms with Gasteiger partial charge in [0, 0.05) is 30.6 Å². The highest BCUT2D eigenvalue weighted by atomic mass is 16.3. The molecule has 108 valence electrons. The average Bonchev–Trinajstić information content (AvgIpc) is 2.47. The molecule has 4 nitrogen and oxygen atoms in total. The fourth-order valence-corrected chi connectivity index (χ4v) is 3.58. The average molecular weight is 274 g/mol. The maximum Gasteiger partial charge on any atom is 0.254 e. The van der Waals surface area contributed by atoms with Crippen molar-refractivity contribution in [2.75, 3.05) is 26.2 Å². The van der Waals surface area contributed by atoms with Gasteiger partial charge in [-0.1, -0.05) is 6.07 Å². The quantitative estimate of drug-likeness (QED) is 0.823. The van der Waals surface area contributed by atoms with Gasteiger partial charge in [-0.15, -0.1) is 0 Å². The van der Waals surface area contributed by atoms with Crippen molar-refractivity contribution in [1.82, 2.24) is 10.2 Å². The Morgan fingerprint density at radius 2 is 2.15 bits per heavy atom. The van der Waals surface area contributed by atoms with Crippen molar-refractivity contribution in [1.29, 1.82) is 0 Å². The Morgan fingerprint density at radius 1 is 1.30 bits per heavy atom. The molecule has 1 atom stereocenters. The minimum Gasteiger partial charge on any atom is -0.508 e. The minimum atomic E-state index is 0.0468. The Kier molecular flexibility index (Phi) is 3.66. The van der Waals surface area contributed by atoms with Crippen LogP contribution in [0.5, 0.6) is 5.75 Å². The van der Waals surface area contributed by atoms with Crippen LogP contribution in [0.25, 0.3) is 0 Å². The predicted octanol–water partition coefficient (Wildman–Crippen LogP) is 2.00. The number of piperidine rings is 2. The highest BCUT2D eigenvalue weighted by Crippen LogP contribution is 2.36. The zero-order chi connectivity index (χ0) is 14.0. The monoisotopic (exact) mass is 274 g/mol. The summed E-state index contributed by atoms with van der Waals surface area (Å²) < 4.78 is 0. The van der Waals surface area contributed by atoms with E-state index in [1.54, 1.807) is 24.3 Å². The van der Waals surface area contributed by atoms with Crippen LogP contribution in [0.1, 0.15) is 36.0 Å². The molecule has 0 aromatic heterocycles. The molecule has 1 spiro atoms. The lowest BCUT2D eigenvalue weighted by Gasteiger charge is -2.45. The third-order valence-electron chi connectivity index (χ3n) is 4.60. The van der Waals surface area contributed by atoms with Gasteiger partial charge in [-0.05, 0) is 50.4 Å². The van der Waals surface area contributed by atoms with E-state index in [2.05, 4.69) is 5.32 Å². The van der Waals surface area contributed by atoms with Crippen LogP contribution in [-0.4, -0.2) is 42.1 Å². The number of hydrogen-bond donors (Lipinski definition) is 2. The van der Waals surface area contributed by atoms with E-state index in [1.807, 2.05) is 4.90 Å². The van der Waals surface area contributed by atoms with Gasteiger partial charge in [-0.3, -0.25) is 4.79 Å². The van der Waals surface area contributed by atoms with Gasteiger partial charge in [0.2, 0.25) is 0 Å². The number of likely N-dealkylation sites (tertiary alicyclic amines) is 1. The molecule has 0 radical (unpaired) electrons. The maximum atomic E-state index is 12.6. The van der Waals surface area contributed by atoms with Crippen LogP contribution in [0, 0.1) is 5.41 Å². The standard InChI is InChI=1S/C16H22N2O2/c19-14-5-1-4-13(10-14)15(20)18-9-3-7-16(12-18)6-2-8-17-11-16/h1,4-5,10,17,19H,2-3,6-9,11-12H2. The Hall–Kier alpha value is -1.55. The molecule has 4 heteroatoms. The van der Waals surface area contributed by atoms with Crippen LogP contribution < -0.4 is 5.32 Å². The Morgan fingerprint density at radius 3 is 2.90 bits per heavy atom. The first kappa shape index (κ1) is 13.4. The normalized spacial score (nSPS) is 26.7. The second-order valence-corrected chi connectivity index (χ2v) is 6.16. The molecule has 1 amide bonds. The fourth-order valence-electron chi connectivity index (χ4n) is 3.58. The van der Waals surface area contributed by atoms with Gasteiger partial charge in [-0.2, -0.15) is 0 Å². The molecule has 1 aromatic carbocycles. The van der Waals surface area contributed by atoms with Crippen molar-refractivity contribution in [3.8, 4) is 5.75 Å². The van der Waals surface area contributed by atoms with Crippen molar-refractivity contribution in [3.05, 3.63) is 29.8 Å². The number of carbonyl (C=O) groups is 1. The zero-order valence-corrected chi connectivity index (χ0v) is 11.8. The molecule has 20 heavy (non-hydrogen) atoms. The van der Waals surface area contributed by atoms with Gasteiger partial charge in [0.05, 0.1) is 0 Å². The molecule has 2 heterocycles. The van der Waals surface area contributed by atoms with Gasteiger partial charge in [0.1, 0.15) is 5.75 Å². The second kappa shape index (κ2) is 5.44. The summed E-state index contributed by atoms with van der Waals surface area (Å²) in [7, 11) is 0. The van der Waals surface area contributed by atoms with E-state index in [9.17, 15) is 9.90 Å². The Balaban J connectivity index is 1.74. The molecular formula is C16H22N2O2. The fraction of sp³-hybridized carbons (Fsp3) is 0.562. The number of amides is 1. The Labute approximate surface area is 119 Å². The number of carbonyl (C=O) groups excluding carboxylic acids is 1. The first-order valence-corrected chi connectivity index (χ1v) is 7.48. The molecule has 2 aliphatic rings. The van der Waals surface area contributed by atoms with Crippen molar-refractivity contribution in [2.45, 2.75) is 25.7 Å². The smallest absolute Gasteiger partial charge is 0.254 e. The van der Waals surface area contributed by atoms with Gasteiger partial charge >= 0.3 is 0 Å². The molecule has 1 aromatic rings. The summed E-state index contributed by atoms with van der Waals surface area (Å²) in [5.41, 5.74) is 0.856. The lowest BCUT2D eigenvalue weighted by atomic mass is 9.74. The van der Waals surface area contributed by atoms with Crippen LogP contribution >= 0.6 is 0 Å².